The Balaban J connectivity index is 1.45. The molecular formula is C28H49N. The third-order valence-corrected chi connectivity index (χ3v) is 10.6. The van der Waals surface area contributed by atoms with Gasteiger partial charge in [0.1, 0.15) is 0 Å². The zero-order chi connectivity index (χ0) is 20.8. The molecule has 1 nitrogen and oxygen atoms in total. The van der Waals surface area contributed by atoms with Crippen molar-refractivity contribution in [3.63, 3.8) is 0 Å². The summed E-state index contributed by atoms with van der Waals surface area (Å²) in [6.07, 6.45) is 20.3. The van der Waals surface area contributed by atoms with Gasteiger partial charge in [0.15, 0.2) is 0 Å². The summed E-state index contributed by atoms with van der Waals surface area (Å²) < 4.78 is 0. The molecule has 0 spiro atoms. The summed E-state index contributed by atoms with van der Waals surface area (Å²) in [6, 6.07) is 0.779. The fourth-order valence-electron chi connectivity index (χ4n) is 8.61. The van der Waals surface area contributed by atoms with Crippen molar-refractivity contribution in [3.05, 3.63) is 11.6 Å². The minimum Gasteiger partial charge on any atom is -0.306 e. The van der Waals surface area contributed by atoms with Gasteiger partial charge in [-0.3, -0.25) is 0 Å². The lowest BCUT2D eigenvalue weighted by atomic mass is 9.47. The van der Waals surface area contributed by atoms with E-state index in [2.05, 4.69) is 52.8 Å². The third-order valence-electron chi connectivity index (χ3n) is 10.6. The summed E-state index contributed by atoms with van der Waals surface area (Å²) in [5.74, 6) is 4.87. The molecule has 3 saturated carbocycles. The molecule has 0 aromatic heterocycles. The molecule has 4 rings (SSSR count). The first-order valence-electron chi connectivity index (χ1n) is 13.1. The molecule has 29 heavy (non-hydrogen) atoms. The molecule has 0 saturated heterocycles. The van der Waals surface area contributed by atoms with Crippen molar-refractivity contribution >= 4 is 0 Å². The van der Waals surface area contributed by atoms with Gasteiger partial charge < -0.3 is 4.90 Å². The molecule has 4 aliphatic rings. The molecule has 0 radical (unpaired) electrons. The molecule has 166 valence electrons. The number of unbranched alkanes of at least 4 members (excludes halogenated alkanes) is 1. The first-order chi connectivity index (χ1) is 13.8. The Bertz CT molecular complexity index is 603. The summed E-state index contributed by atoms with van der Waals surface area (Å²) in [4.78, 5) is 2.48. The van der Waals surface area contributed by atoms with Crippen LogP contribution in [0, 0.1) is 40.4 Å². The Morgan fingerprint density at radius 2 is 1.79 bits per heavy atom. The third kappa shape index (κ3) is 3.88. The fraction of sp³-hybridized carbons (Fsp3) is 0.929. The van der Waals surface area contributed by atoms with E-state index >= 15 is 0 Å². The first kappa shape index (κ1) is 21.9. The van der Waals surface area contributed by atoms with Gasteiger partial charge in [-0.1, -0.05) is 58.6 Å². The largest absolute Gasteiger partial charge is 0.306 e. The van der Waals surface area contributed by atoms with Gasteiger partial charge in [0.25, 0.3) is 0 Å². The lowest BCUT2D eigenvalue weighted by molar-refractivity contribution is -0.0465. The standard InChI is InChI=1S/C28H49N/c1-20(2)9-7-8-10-21-12-14-25-24-13-11-22-19-23(29(5)6)15-17-28(22,4)26(24)16-18-27(21,25)3/h11,20-21,23-26H,7-10,12-19H2,1-6H3/t21-,23-,24-,25-,26-,27+,28-/m0/s1. The number of nitrogens with zero attached hydrogens (tertiary/aromatic N) is 1. The summed E-state index contributed by atoms with van der Waals surface area (Å²) in [5, 5.41) is 0. The first-order valence-corrected chi connectivity index (χ1v) is 13.1. The highest BCUT2D eigenvalue weighted by Crippen LogP contribution is 2.66. The van der Waals surface area contributed by atoms with Crippen molar-refractivity contribution in [2.24, 2.45) is 40.4 Å². The van der Waals surface area contributed by atoms with Crippen LogP contribution in [0.15, 0.2) is 11.6 Å². The molecule has 4 aliphatic carbocycles. The van der Waals surface area contributed by atoms with Gasteiger partial charge in [0.05, 0.1) is 0 Å². The Hall–Kier alpha value is -0.300. The van der Waals surface area contributed by atoms with E-state index in [1.165, 1.54) is 77.0 Å². The summed E-state index contributed by atoms with van der Waals surface area (Å²) >= 11 is 0. The molecular weight excluding hydrogens is 350 g/mol. The molecule has 0 heterocycles. The second kappa shape index (κ2) is 8.33. The molecule has 0 aromatic carbocycles. The molecule has 0 N–H and O–H groups in total. The van der Waals surface area contributed by atoms with Crippen LogP contribution >= 0.6 is 0 Å². The van der Waals surface area contributed by atoms with E-state index in [0.717, 1.165) is 35.6 Å². The SMILES string of the molecule is CC(C)CCCC[C@H]1CC[C@H]2[C@@H]3CC=C4C[C@@H](N(C)C)CC[C@]4(C)[C@H]3CC[C@]12C. The number of rotatable bonds is 6. The molecule has 3 fully saturated rings. The van der Waals surface area contributed by atoms with Crippen LogP contribution < -0.4 is 0 Å². The number of hydrogen-bond acceptors (Lipinski definition) is 1. The average Bonchev–Trinajstić information content (AvgIpc) is 3.00. The normalized spacial score (nSPS) is 44.4. The van der Waals surface area contributed by atoms with E-state index in [-0.39, 0.29) is 0 Å². The van der Waals surface area contributed by atoms with Gasteiger partial charge in [-0.05, 0) is 112 Å². The van der Waals surface area contributed by atoms with Crippen LogP contribution in [0.2, 0.25) is 0 Å². The maximum absolute atomic E-state index is 2.75. The van der Waals surface area contributed by atoms with Gasteiger partial charge in [-0.15, -0.1) is 0 Å². The fourth-order valence-corrected chi connectivity index (χ4v) is 8.61. The minimum absolute atomic E-state index is 0.520. The monoisotopic (exact) mass is 399 g/mol. The van der Waals surface area contributed by atoms with Crippen LogP contribution in [0.25, 0.3) is 0 Å². The Labute approximate surface area is 182 Å². The number of allylic oxidation sites excluding steroid dienone is 1. The Morgan fingerprint density at radius 1 is 1.00 bits per heavy atom. The molecule has 0 amide bonds. The highest BCUT2D eigenvalue weighted by atomic mass is 15.1. The van der Waals surface area contributed by atoms with Crippen LogP contribution in [0.1, 0.15) is 105 Å². The van der Waals surface area contributed by atoms with Crippen molar-refractivity contribution < 1.29 is 0 Å². The zero-order valence-electron chi connectivity index (χ0n) is 20.5. The predicted molar refractivity (Wildman–Crippen MR) is 126 cm³/mol. The molecule has 0 aliphatic heterocycles. The molecule has 0 aromatic rings. The van der Waals surface area contributed by atoms with Crippen LogP contribution in [-0.2, 0) is 0 Å². The summed E-state index contributed by atoms with van der Waals surface area (Å²) in [5.41, 5.74) is 3.02. The minimum atomic E-state index is 0.520. The Kier molecular flexibility index (Phi) is 6.29. The molecule has 1 heteroatoms. The molecule has 0 unspecified atom stereocenters. The quantitative estimate of drug-likeness (QED) is 0.326. The van der Waals surface area contributed by atoms with E-state index in [4.69, 9.17) is 0 Å². The lowest BCUT2D eigenvalue weighted by Crippen LogP contribution is -2.51. The maximum Gasteiger partial charge on any atom is 0.0127 e. The second-order valence-corrected chi connectivity index (χ2v) is 12.6. The van der Waals surface area contributed by atoms with Gasteiger partial charge in [-0.25, -0.2) is 0 Å². The second-order valence-electron chi connectivity index (χ2n) is 12.6. The van der Waals surface area contributed by atoms with E-state index in [1.54, 1.807) is 0 Å². The van der Waals surface area contributed by atoms with Crippen LogP contribution in [0.4, 0.5) is 0 Å². The van der Waals surface area contributed by atoms with Crippen LogP contribution in [-0.4, -0.2) is 25.0 Å². The lowest BCUT2D eigenvalue weighted by Gasteiger charge is -2.58. The molecule has 7 atom stereocenters. The van der Waals surface area contributed by atoms with Gasteiger partial charge in [0.2, 0.25) is 0 Å². The maximum atomic E-state index is 2.75. The van der Waals surface area contributed by atoms with Gasteiger partial charge in [-0.2, -0.15) is 0 Å². The Morgan fingerprint density at radius 3 is 2.52 bits per heavy atom. The van der Waals surface area contributed by atoms with Gasteiger partial charge in [0, 0.05) is 6.04 Å². The van der Waals surface area contributed by atoms with Gasteiger partial charge >= 0.3 is 0 Å². The summed E-state index contributed by atoms with van der Waals surface area (Å²) in [6.45, 7) is 10.2. The van der Waals surface area contributed by atoms with Crippen LogP contribution in [0.3, 0.4) is 0 Å². The number of hydrogen-bond donors (Lipinski definition) is 0. The van der Waals surface area contributed by atoms with Crippen molar-refractivity contribution in [2.45, 2.75) is 111 Å². The predicted octanol–water partition coefficient (Wildman–Crippen LogP) is 7.71. The van der Waals surface area contributed by atoms with Crippen molar-refractivity contribution in [1.29, 1.82) is 0 Å². The van der Waals surface area contributed by atoms with E-state index in [9.17, 15) is 0 Å². The zero-order valence-corrected chi connectivity index (χ0v) is 20.5. The molecule has 0 bridgehead atoms. The van der Waals surface area contributed by atoms with E-state index < -0.39 is 0 Å². The van der Waals surface area contributed by atoms with E-state index in [0.29, 0.717) is 10.8 Å². The van der Waals surface area contributed by atoms with Crippen molar-refractivity contribution in [3.8, 4) is 0 Å². The topological polar surface area (TPSA) is 3.24 Å². The number of fused-ring (bicyclic) bond motifs is 5. The summed E-state index contributed by atoms with van der Waals surface area (Å²) in [7, 11) is 4.57. The van der Waals surface area contributed by atoms with Crippen LogP contribution in [0.5, 0.6) is 0 Å². The highest BCUT2D eigenvalue weighted by Gasteiger charge is 2.58. The highest BCUT2D eigenvalue weighted by molar-refractivity contribution is 5.25. The van der Waals surface area contributed by atoms with Crippen molar-refractivity contribution in [2.75, 3.05) is 14.1 Å². The van der Waals surface area contributed by atoms with Crippen molar-refractivity contribution in [1.82, 2.24) is 4.90 Å². The smallest absolute Gasteiger partial charge is 0.0127 e. The van der Waals surface area contributed by atoms with E-state index in [1.807, 2.05) is 5.57 Å². The average molecular weight is 400 g/mol.